The van der Waals surface area contributed by atoms with Gasteiger partial charge in [0.2, 0.25) is 0 Å². The molecule has 3 nitrogen and oxygen atoms in total. The van der Waals surface area contributed by atoms with Crippen molar-refractivity contribution in [3.05, 3.63) is 0 Å². The Bertz CT molecular complexity index is 68.8. The van der Waals surface area contributed by atoms with Crippen molar-refractivity contribution in [2.45, 2.75) is 19.3 Å². The van der Waals surface area contributed by atoms with Gasteiger partial charge < -0.3 is 15.2 Å². The van der Waals surface area contributed by atoms with Gasteiger partial charge in [0, 0.05) is 0 Å². The minimum atomic E-state index is -0.157. The van der Waals surface area contributed by atoms with Crippen molar-refractivity contribution >= 4 is 0 Å². The Balaban J connectivity index is 2.24. The largest absolute Gasteiger partial charge is 0.349 e. The summed E-state index contributed by atoms with van der Waals surface area (Å²) >= 11 is 0. The molecule has 0 aromatic heterocycles. The number of nitrogens with two attached hydrogens (primary N) is 1. The Morgan fingerprint density at radius 2 is 2.00 bits per heavy atom. The van der Waals surface area contributed by atoms with Crippen LogP contribution >= 0.6 is 0 Å². The normalized spacial score (nSPS) is 26.2. The van der Waals surface area contributed by atoms with Gasteiger partial charge in [0.25, 0.3) is 0 Å². The average Bonchev–Trinajstić information content (AvgIpc) is 2.12. The van der Waals surface area contributed by atoms with E-state index in [9.17, 15) is 0 Å². The van der Waals surface area contributed by atoms with E-state index in [-0.39, 0.29) is 12.3 Å². The molecule has 1 fully saturated rings. The number of hydrogen-bond acceptors (Lipinski definition) is 3. The quantitative estimate of drug-likeness (QED) is 0.513. The first kappa shape index (κ1) is 6.01. The van der Waals surface area contributed by atoms with Gasteiger partial charge in [-0.25, -0.2) is 0 Å². The lowest BCUT2D eigenvalue weighted by atomic mass is 10.4. The minimum Gasteiger partial charge on any atom is -0.349 e. The minimum absolute atomic E-state index is 0.00231. The molecule has 0 amide bonds. The summed E-state index contributed by atoms with van der Waals surface area (Å²) < 4.78 is 10.1. The molecule has 1 saturated heterocycles. The summed E-state index contributed by atoms with van der Waals surface area (Å²) in [6.45, 7) is 3.24. The molecule has 0 aliphatic carbocycles. The first-order valence-corrected chi connectivity index (χ1v) is 2.79. The Kier molecular flexibility index (Phi) is 1.83. The van der Waals surface area contributed by atoms with E-state index in [0.29, 0.717) is 13.2 Å². The Morgan fingerprint density at radius 1 is 1.50 bits per heavy atom. The molecule has 1 heterocycles. The first-order valence-electron chi connectivity index (χ1n) is 2.79. The third kappa shape index (κ3) is 1.18. The second-order valence-corrected chi connectivity index (χ2v) is 1.97. The zero-order valence-electron chi connectivity index (χ0n) is 4.96. The van der Waals surface area contributed by atoms with E-state index in [4.69, 9.17) is 15.2 Å². The summed E-state index contributed by atoms with van der Waals surface area (Å²) in [6, 6.07) is -0.00231. The van der Waals surface area contributed by atoms with Crippen molar-refractivity contribution < 1.29 is 9.47 Å². The molecule has 0 aromatic rings. The van der Waals surface area contributed by atoms with Crippen molar-refractivity contribution in [1.82, 2.24) is 0 Å². The molecule has 1 rings (SSSR count). The number of hydrogen-bond donors (Lipinski definition) is 1. The van der Waals surface area contributed by atoms with Crippen LogP contribution in [0.2, 0.25) is 0 Å². The van der Waals surface area contributed by atoms with E-state index >= 15 is 0 Å². The van der Waals surface area contributed by atoms with Gasteiger partial charge in [0.1, 0.15) is 0 Å². The lowest BCUT2D eigenvalue weighted by molar-refractivity contribution is -0.0548. The van der Waals surface area contributed by atoms with Crippen LogP contribution in [0.4, 0.5) is 0 Å². The predicted molar refractivity (Wildman–Crippen MR) is 29.3 cm³/mol. The topological polar surface area (TPSA) is 44.5 Å². The lowest BCUT2D eigenvalue weighted by Crippen LogP contribution is -2.31. The van der Waals surface area contributed by atoms with Crippen LogP contribution < -0.4 is 5.73 Å². The van der Waals surface area contributed by atoms with Crippen LogP contribution in [0.3, 0.4) is 0 Å². The molecule has 8 heavy (non-hydrogen) atoms. The maximum Gasteiger partial charge on any atom is 0.172 e. The fourth-order valence-corrected chi connectivity index (χ4v) is 0.680. The molecule has 0 spiro atoms. The highest BCUT2D eigenvalue weighted by atomic mass is 16.7. The maximum atomic E-state index is 5.45. The highest BCUT2D eigenvalue weighted by Gasteiger charge is 2.19. The van der Waals surface area contributed by atoms with Gasteiger partial charge in [-0.3, -0.25) is 0 Å². The van der Waals surface area contributed by atoms with Crippen molar-refractivity contribution in [1.29, 1.82) is 0 Å². The fraction of sp³-hybridized carbons (Fsp3) is 1.00. The van der Waals surface area contributed by atoms with Crippen molar-refractivity contribution in [3.63, 3.8) is 0 Å². The van der Waals surface area contributed by atoms with Crippen LogP contribution in [0, 0.1) is 0 Å². The molecule has 1 aliphatic rings. The first-order chi connectivity index (χ1) is 3.80. The van der Waals surface area contributed by atoms with Crippen LogP contribution in [-0.2, 0) is 9.47 Å². The van der Waals surface area contributed by atoms with Gasteiger partial charge in [-0.05, 0) is 6.92 Å². The van der Waals surface area contributed by atoms with Crippen LogP contribution in [0.5, 0.6) is 0 Å². The van der Waals surface area contributed by atoms with E-state index in [1.54, 1.807) is 0 Å². The third-order valence-corrected chi connectivity index (χ3v) is 1.08. The summed E-state index contributed by atoms with van der Waals surface area (Å²) in [5.41, 5.74) is 5.45. The van der Waals surface area contributed by atoms with Gasteiger partial charge >= 0.3 is 0 Å². The lowest BCUT2D eigenvalue weighted by Gasteiger charge is -2.11. The van der Waals surface area contributed by atoms with E-state index in [2.05, 4.69) is 0 Å². The van der Waals surface area contributed by atoms with Crippen molar-refractivity contribution in [2.75, 3.05) is 13.2 Å². The number of ether oxygens (including phenoxy) is 2. The van der Waals surface area contributed by atoms with Gasteiger partial charge in [-0.15, -0.1) is 0 Å². The molecular formula is C5H11NO2. The highest BCUT2D eigenvalue weighted by Crippen LogP contribution is 2.05. The summed E-state index contributed by atoms with van der Waals surface area (Å²) in [7, 11) is 0. The summed E-state index contributed by atoms with van der Waals surface area (Å²) in [5, 5.41) is 0. The SMILES string of the molecule is C[C@H](N)C1OCCO1. The molecule has 3 heteroatoms. The molecule has 0 saturated carbocycles. The van der Waals surface area contributed by atoms with Crippen LogP contribution in [-0.4, -0.2) is 25.5 Å². The second-order valence-electron chi connectivity index (χ2n) is 1.97. The Labute approximate surface area is 48.8 Å². The predicted octanol–water partition coefficient (Wildman–Crippen LogP) is -0.294. The van der Waals surface area contributed by atoms with E-state index in [1.807, 2.05) is 6.92 Å². The van der Waals surface area contributed by atoms with E-state index in [0.717, 1.165) is 0 Å². The summed E-state index contributed by atoms with van der Waals surface area (Å²) in [6.07, 6.45) is -0.157. The monoisotopic (exact) mass is 117 g/mol. The van der Waals surface area contributed by atoms with Gasteiger partial charge in [-0.2, -0.15) is 0 Å². The van der Waals surface area contributed by atoms with Gasteiger partial charge in [0.05, 0.1) is 19.3 Å². The molecule has 0 radical (unpaired) electrons. The van der Waals surface area contributed by atoms with E-state index in [1.165, 1.54) is 0 Å². The third-order valence-electron chi connectivity index (χ3n) is 1.08. The Morgan fingerprint density at radius 3 is 2.25 bits per heavy atom. The molecule has 0 unspecified atom stereocenters. The van der Waals surface area contributed by atoms with Crippen LogP contribution in [0.15, 0.2) is 0 Å². The smallest absolute Gasteiger partial charge is 0.172 e. The molecule has 48 valence electrons. The molecule has 2 N–H and O–H groups in total. The molecule has 0 aromatic carbocycles. The highest BCUT2D eigenvalue weighted by molar-refractivity contribution is 4.61. The van der Waals surface area contributed by atoms with Crippen LogP contribution in [0.25, 0.3) is 0 Å². The molecular weight excluding hydrogens is 106 g/mol. The number of rotatable bonds is 1. The fourth-order valence-electron chi connectivity index (χ4n) is 0.680. The molecule has 0 bridgehead atoms. The zero-order valence-corrected chi connectivity index (χ0v) is 4.96. The van der Waals surface area contributed by atoms with Crippen molar-refractivity contribution in [3.8, 4) is 0 Å². The standard InChI is InChI=1S/C5H11NO2/c1-4(6)5-7-2-3-8-5/h4-5H,2-3,6H2,1H3/t4-/m0/s1. The second kappa shape index (κ2) is 2.44. The van der Waals surface area contributed by atoms with Gasteiger partial charge in [0.15, 0.2) is 6.29 Å². The molecule has 1 aliphatic heterocycles. The zero-order chi connectivity index (χ0) is 5.98. The van der Waals surface area contributed by atoms with Gasteiger partial charge in [-0.1, -0.05) is 0 Å². The molecule has 1 atom stereocenters. The summed E-state index contributed by atoms with van der Waals surface area (Å²) in [5.74, 6) is 0. The van der Waals surface area contributed by atoms with Crippen LogP contribution in [0.1, 0.15) is 6.92 Å². The Hall–Kier alpha value is -0.120. The van der Waals surface area contributed by atoms with E-state index < -0.39 is 0 Å². The average molecular weight is 117 g/mol. The van der Waals surface area contributed by atoms with Crippen molar-refractivity contribution in [2.24, 2.45) is 5.73 Å². The maximum absolute atomic E-state index is 5.45. The summed E-state index contributed by atoms with van der Waals surface area (Å²) in [4.78, 5) is 0.